The summed E-state index contributed by atoms with van der Waals surface area (Å²) in [6.07, 6.45) is -4.36. The topological polar surface area (TPSA) is 125 Å². The molecule has 11 nitrogen and oxygen atoms in total. The SMILES string of the molecule is CC1(C)OC(=O)N(CCc2csc(CN3CCC4(CC3)CN(C(=O)C(F)(F)F)CCO4)c2)CC(c2ccc(O)c3[nH]c(=O)sc23)O1. The smallest absolute Gasteiger partial charge is 0.471 e. The maximum Gasteiger partial charge on any atom is 0.471 e. The highest BCUT2D eigenvalue weighted by Gasteiger charge is 2.48. The molecule has 6 rings (SSSR count). The number of aromatic nitrogens is 1. The van der Waals surface area contributed by atoms with Crippen LogP contribution in [0.2, 0.25) is 0 Å². The van der Waals surface area contributed by atoms with Gasteiger partial charge in [0.15, 0.2) is 0 Å². The van der Waals surface area contributed by atoms with Gasteiger partial charge >= 0.3 is 23.0 Å². The van der Waals surface area contributed by atoms with Gasteiger partial charge in [-0.05, 0) is 42.3 Å². The average molecular weight is 685 g/mol. The van der Waals surface area contributed by atoms with E-state index in [-0.39, 0.29) is 36.9 Å². The first-order valence-electron chi connectivity index (χ1n) is 15.0. The number of carbonyl (C=O) groups excluding carboxylic acids is 2. The van der Waals surface area contributed by atoms with Crippen LogP contribution < -0.4 is 4.87 Å². The fourth-order valence-corrected chi connectivity index (χ4v) is 8.21. The highest BCUT2D eigenvalue weighted by molar-refractivity contribution is 7.16. The number of H-pyrrole nitrogens is 1. The van der Waals surface area contributed by atoms with Gasteiger partial charge in [-0.3, -0.25) is 14.5 Å². The fraction of sp³-hybridized carbons (Fsp3) is 0.567. The minimum absolute atomic E-state index is 0.0436. The number of cyclic esters (lactones) is 1. The molecule has 3 fully saturated rings. The number of benzene rings is 1. The first kappa shape index (κ1) is 32.7. The van der Waals surface area contributed by atoms with Crippen LogP contribution in [-0.2, 0) is 32.0 Å². The molecule has 3 aliphatic rings. The number of fused-ring (bicyclic) bond motifs is 1. The number of aromatic amines is 1. The van der Waals surface area contributed by atoms with Gasteiger partial charge in [0.2, 0.25) is 5.79 Å². The predicted octanol–water partition coefficient (Wildman–Crippen LogP) is 4.60. The lowest BCUT2D eigenvalue weighted by Gasteiger charge is -2.47. The highest BCUT2D eigenvalue weighted by atomic mass is 32.1. The molecule has 0 aliphatic carbocycles. The number of alkyl halides is 3. The maximum absolute atomic E-state index is 13.1. The summed E-state index contributed by atoms with van der Waals surface area (Å²) in [5, 5.41) is 12.3. The average Bonchev–Trinajstić information content (AvgIpc) is 3.58. The molecule has 3 aromatic rings. The molecule has 16 heteroatoms. The van der Waals surface area contributed by atoms with Crippen LogP contribution in [0.25, 0.3) is 10.2 Å². The zero-order chi connectivity index (χ0) is 32.9. The van der Waals surface area contributed by atoms with E-state index in [4.69, 9.17) is 14.2 Å². The van der Waals surface area contributed by atoms with Crippen LogP contribution in [-0.4, -0.2) is 100 Å². The van der Waals surface area contributed by atoms with Crippen molar-refractivity contribution in [1.29, 1.82) is 0 Å². The van der Waals surface area contributed by atoms with Crippen molar-refractivity contribution in [3.05, 3.63) is 49.3 Å². The molecular weight excluding hydrogens is 649 g/mol. The summed E-state index contributed by atoms with van der Waals surface area (Å²) in [7, 11) is 0. The lowest BCUT2D eigenvalue weighted by molar-refractivity contribution is -0.200. The Hall–Kier alpha value is -3.18. The zero-order valence-corrected chi connectivity index (χ0v) is 27.0. The van der Waals surface area contributed by atoms with Crippen molar-refractivity contribution in [2.45, 2.75) is 63.3 Å². The third kappa shape index (κ3) is 7.05. The largest absolute Gasteiger partial charge is 0.506 e. The first-order valence-corrected chi connectivity index (χ1v) is 16.7. The Kier molecular flexibility index (Phi) is 8.86. The van der Waals surface area contributed by atoms with Crippen LogP contribution in [0, 0.1) is 0 Å². The molecule has 2 amide bonds. The van der Waals surface area contributed by atoms with Gasteiger partial charge < -0.3 is 34.1 Å². The van der Waals surface area contributed by atoms with Gasteiger partial charge in [-0.2, -0.15) is 13.2 Å². The Bertz CT molecular complexity index is 1660. The molecule has 3 aliphatic heterocycles. The van der Waals surface area contributed by atoms with Crippen LogP contribution in [0.4, 0.5) is 18.0 Å². The Labute approximate surface area is 270 Å². The Balaban J connectivity index is 1.06. The summed E-state index contributed by atoms with van der Waals surface area (Å²) in [5.74, 6) is -3.07. The van der Waals surface area contributed by atoms with Crippen molar-refractivity contribution < 1.29 is 42.1 Å². The summed E-state index contributed by atoms with van der Waals surface area (Å²) < 4.78 is 57.3. The molecule has 0 saturated carbocycles. The van der Waals surface area contributed by atoms with E-state index in [9.17, 15) is 32.7 Å². The highest BCUT2D eigenvalue weighted by Crippen LogP contribution is 2.38. The van der Waals surface area contributed by atoms with E-state index in [2.05, 4.69) is 16.0 Å². The number of rotatable bonds is 6. The number of hydrogen-bond acceptors (Lipinski definition) is 10. The second-order valence-corrected chi connectivity index (χ2v) is 14.4. The molecule has 0 bridgehead atoms. The monoisotopic (exact) mass is 684 g/mol. The quantitative estimate of drug-likeness (QED) is 0.386. The Morgan fingerprint density at radius 1 is 1.17 bits per heavy atom. The summed E-state index contributed by atoms with van der Waals surface area (Å²) in [6.45, 7) is 5.82. The third-order valence-electron chi connectivity index (χ3n) is 8.64. The second-order valence-electron chi connectivity index (χ2n) is 12.4. The van der Waals surface area contributed by atoms with Crippen molar-refractivity contribution in [3.8, 4) is 5.75 Å². The molecule has 2 N–H and O–H groups in total. The number of amides is 2. The molecule has 1 atom stereocenters. The van der Waals surface area contributed by atoms with E-state index in [0.717, 1.165) is 26.7 Å². The Morgan fingerprint density at radius 3 is 2.67 bits per heavy atom. The standard InChI is InChI=1S/C30H35F3N4O7S2/c1-28(2)43-22(20-3-4-21(38)23-24(20)46-26(40)34-23)15-36(27(41)44-28)8-5-18-13-19(45-16-18)14-35-9-6-29(7-10-35)17-37(11-12-42-29)25(39)30(31,32)33/h3-4,13,16,22,38H,5-12,14-15,17H2,1-2H3,(H,34,40). The van der Waals surface area contributed by atoms with E-state index >= 15 is 0 Å². The number of thiophene rings is 1. The minimum atomic E-state index is -4.89. The fourth-order valence-electron chi connectivity index (χ4n) is 6.33. The van der Waals surface area contributed by atoms with Gasteiger partial charge in [0.25, 0.3) is 0 Å². The van der Waals surface area contributed by atoms with Crippen molar-refractivity contribution in [2.75, 3.05) is 45.9 Å². The van der Waals surface area contributed by atoms with Crippen molar-refractivity contribution in [2.24, 2.45) is 0 Å². The molecule has 2 aromatic heterocycles. The van der Waals surface area contributed by atoms with Gasteiger partial charge in [-0.15, -0.1) is 11.3 Å². The number of carbonyl (C=O) groups is 2. The lowest BCUT2D eigenvalue weighted by atomic mass is 9.89. The maximum atomic E-state index is 13.1. The molecular formula is C30H35F3N4O7S2. The summed E-state index contributed by atoms with van der Waals surface area (Å²) in [5.41, 5.74) is 1.30. The lowest BCUT2D eigenvalue weighted by Crippen LogP contribution is -2.59. The van der Waals surface area contributed by atoms with Gasteiger partial charge in [0, 0.05) is 57.0 Å². The normalized spacial score (nSPS) is 22.3. The summed E-state index contributed by atoms with van der Waals surface area (Å²) >= 11 is 2.58. The predicted molar refractivity (Wildman–Crippen MR) is 164 cm³/mol. The molecule has 0 radical (unpaired) electrons. The molecule has 5 heterocycles. The number of aromatic hydroxyl groups is 1. The van der Waals surface area contributed by atoms with Crippen LogP contribution in [0.3, 0.4) is 0 Å². The number of piperidine rings is 1. The van der Waals surface area contributed by atoms with Crippen molar-refractivity contribution >= 4 is 44.9 Å². The molecule has 1 spiro atoms. The molecule has 1 unspecified atom stereocenters. The number of nitrogens with zero attached hydrogens (tertiary/aromatic N) is 3. The number of nitrogens with one attached hydrogen (secondary N) is 1. The van der Waals surface area contributed by atoms with Crippen molar-refractivity contribution in [3.63, 3.8) is 0 Å². The van der Waals surface area contributed by atoms with E-state index in [1.165, 1.54) is 6.07 Å². The molecule has 3 saturated heterocycles. The first-order chi connectivity index (χ1) is 21.7. The van der Waals surface area contributed by atoms with E-state index in [0.29, 0.717) is 61.2 Å². The van der Waals surface area contributed by atoms with Gasteiger partial charge in [-0.1, -0.05) is 17.4 Å². The van der Waals surface area contributed by atoms with Gasteiger partial charge in [0.05, 0.1) is 30.0 Å². The molecule has 250 valence electrons. The number of halogens is 3. The second kappa shape index (κ2) is 12.4. The third-order valence-corrected chi connectivity index (χ3v) is 10.5. The Morgan fingerprint density at radius 2 is 1.93 bits per heavy atom. The summed E-state index contributed by atoms with van der Waals surface area (Å²) in [6, 6.07) is 5.29. The number of phenols is 1. The molecule has 46 heavy (non-hydrogen) atoms. The molecule has 1 aromatic carbocycles. The van der Waals surface area contributed by atoms with E-state index < -0.39 is 35.7 Å². The zero-order valence-electron chi connectivity index (χ0n) is 25.4. The van der Waals surface area contributed by atoms with Gasteiger partial charge in [0.1, 0.15) is 17.4 Å². The number of hydrogen-bond donors (Lipinski definition) is 2. The van der Waals surface area contributed by atoms with Crippen LogP contribution >= 0.6 is 22.7 Å². The number of thiazole rings is 1. The van der Waals surface area contributed by atoms with E-state index in [1.54, 1.807) is 36.2 Å². The number of phenolic OH excluding ortho intramolecular Hbond substituents is 1. The minimum Gasteiger partial charge on any atom is -0.506 e. The number of likely N-dealkylation sites (tertiary alicyclic amines) is 1. The number of ether oxygens (including phenoxy) is 3. The van der Waals surface area contributed by atoms with Crippen LogP contribution in [0.5, 0.6) is 5.75 Å². The number of morpholine rings is 1. The summed E-state index contributed by atoms with van der Waals surface area (Å²) in [4.78, 5) is 45.1. The van der Waals surface area contributed by atoms with Crippen LogP contribution in [0.15, 0.2) is 28.4 Å². The van der Waals surface area contributed by atoms with Gasteiger partial charge in [-0.25, -0.2) is 4.79 Å². The van der Waals surface area contributed by atoms with E-state index in [1.807, 2.05) is 5.38 Å². The van der Waals surface area contributed by atoms with Crippen molar-refractivity contribution in [1.82, 2.24) is 19.7 Å². The van der Waals surface area contributed by atoms with Crippen LogP contribution in [0.1, 0.15) is 48.8 Å².